The van der Waals surface area contributed by atoms with Gasteiger partial charge < -0.3 is 15.0 Å². The number of nitrogens with one attached hydrogen (secondary N) is 1. The zero-order valence-electron chi connectivity index (χ0n) is 11.7. The number of aromatic nitrogens is 2. The number of rotatable bonds is 4. The molecule has 0 atom stereocenters. The summed E-state index contributed by atoms with van der Waals surface area (Å²) in [5.74, 6) is 0.812. The normalized spacial score (nSPS) is 22.5. The summed E-state index contributed by atoms with van der Waals surface area (Å²) in [6.07, 6.45) is 6.48. The Morgan fingerprint density at radius 1 is 1.37 bits per heavy atom. The molecule has 0 bridgehead atoms. The Hall–Kier alpha value is -1.20. The molecule has 1 aliphatic carbocycles. The third-order valence-corrected chi connectivity index (χ3v) is 3.57. The van der Waals surface area contributed by atoms with E-state index in [0.29, 0.717) is 0 Å². The molecule has 5 nitrogen and oxygen atoms in total. The molecule has 104 valence electrons. The minimum atomic E-state index is -0.117. The monoisotopic (exact) mass is 262 g/mol. The summed E-state index contributed by atoms with van der Waals surface area (Å²) in [4.78, 5) is 11.2. The zero-order valence-corrected chi connectivity index (χ0v) is 11.7. The molecule has 1 N–H and O–H groups in total. The molecule has 1 aliphatic heterocycles. The minimum absolute atomic E-state index is 0.117. The van der Waals surface area contributed by atoms with E-state index in [1.54, 1.807) is 0 Å². The van der Waals surface area contributed by atoms with Crippen LogP contribution in [0.2, 0.25) is 0 Å². The van der Waals surface area contributed by atoms with Crippen LogP contribution in [0.15, 0.2) is 12.4 Å². The lowest BCUT2D eigenvalue weighted by Gasteiger charge is -2.38. The van der Waals surface area contributed by atoms with Gasteiger partial charge in [0.15, 0.2) is 0 Å². The van der Waals surface area contributed by atoms with E-state index in [-0.39, 0.29) is 5.60 Å². The molecule has 0 unspecified atom stereocenters. The van der Waals surface area contributed by atoms with Crippen molar-refractivity contribution in [3.05, 3.63) is 18.0 Å². The minimum Gasteiger partial charge on any atom is -0.372 e. The van der Waals surface area contributed by atoms with E-state index < -0.39 is 0 Å². The maximum atomic E-state index is 5.71. The molecule has 2 fully saturated rings. The first-order chi connectivity index (χ1) is 9.12. The van der Waals surface area contributed by atoms with Crippen molar-refractivity contribution in [2.24, 2.45) is 0 Å². The molecule has 1 aromatic heterocycles. The lowest BCUT2D eigenvalue weighted by atomic mass is 10.1. The summed E-state index contributed by atoms with van der Waals surface area (Å²) in [6.45, 7) is 7.52. The highest BCUT2D eigenvalue weighted by Crippen LogP contribution is 2.21. The van der Waals surface area contributed by atoms with Crippen LogP contribution in [-0.2, 0) is 11.3 Å². The summed E-state index contributed by atoms with van der Waals surface area (Å²) in [5.41, 5.74) is 1.04. The van der Waals surface area contributed by atoms with E-state index in [0.717, 1.165) is 43.8 Å². The van der Waals surface area contributed by atoms with Crippen LogP contribution in [0.4, 0.5) is 5.95 Å². The summed E-state index contributed by atoms with van der Waals surface area (Å²) in [6, 6.07) is 0.722. The van der Waals surface area contributed by atoms with Crippen LogP contribution in [-0.4, -0.2) is 41.3 Å². The Morgan fingerprint density at radius 2 is 2.11 bits per heavy atom. The lowest BCUT2D eigenvalue weighted by molar-refractivity contribution is -0.0281. The second kappa shape index (κ2) is 5.06. The molecular formula is C14H22N4O. The van der Waals surface area contributed by atoms with Crippen LogP contribution in [0.3, 0.4) is 0 Å². The van der Waals surface area contributed by atoms with Gasteiger partial charge in [0.05, 0.1) is 12.2 Å². The number of nitrogens with zero attached hydrogens (tertiary/aromatic N) is 3. The van der Waals surface area contributed by atoms with Gasteiger partial charge in [-0.25, -0.2) is 9.97 Å². The average molecular weight is 262 g/mol. The molecule has 5 heteroatoms. The Kier molecular flexibility index (Phi) is 3.41. The second-order valence-electron chi connectivity index (χ2n) is 6.08. The van der Waals surface area contributed by atoms with E-state index in [2.05, 4.69) is 34.0 Å². The van der Waals surface area contributed by atoms with Crippen LogP contribution in [0.1, 0.15) is 32.3 Å². The Labute approximate surface area is 114 Å². The smallest absolute Gasteiger partial charge is 0.225 e. The third-order valence-electron chi connectivity index (χ3n) is 3.57. The largest absolute Gasteiger partial charge is 0.372 e. The van der Waals surface area contributed by atoms with Crippen LogP contribution < -0.4 is 10.2 Å². The average Bonchev–Trinajstić information content (AvgIpc) is 3.20. The number of ether oxygens (including phenoxy) is 1. The van der Waals surface area contributed by atoms with Gasteiger partial charge in [0, 0.05) is 43.6 Å². The SMILES string of the molecule is CC1(C)CN(c2ncc(CNC3CC3)cn2)CCO1. The molecule has 0 aromatic carbocycles. The highest BCUT2D eigenvalue weighted by Gasteiger charge is 2.28. The van der Waals surface area contributed by atoms with Gasteiger partial charge in [-0.05, 0) is 26.7 Å². The van der Waals surface area contributed by atoms with Gasteiger partial charge in [0.2, 0.25) is 5.95 Å². The van der Waals surface area contributed by atoms with Gasteiger partial charge in [-0.15, -0.1) is 0 Å². The molecular weight excluding hydrogens is 240 g/mol. The fourth-order valence-electron chi connectivity index (χ4n) is 2.34. The van der Waals surface area contributed by atoms with Crippen molar-refractivity contribution in [3.8, 4) is 0 Å². The zero-order chi connectivity index (χ0) is 13.3. The van der Waals surface area contributed by atoms with Crippen molar-refractivity contribution in [1.29, 1.82) is 0 Å². The highest BCUT2D eigenvalue weighted by molar-refractivity contribution is 5.31. The van der Waals surface area contributed by atoms with Crippen molar-refractivity contribution >= 4 is 5.95 Å². The molecule has 0 spiro atoms. The van der Waals surface area contributed by atoms with E-state index in [9.17, 15) is 0 Å². The number of morpholine rings is 1. The first kappa shape index (κ1) is 12.8. The van der Waals surface area contributed by atoms with Crippen LogP contribution >= 0.6 is 0 Å². The third kappa shape index (κ3) is 3.42. The predicted molar refractivity (Wildman–Crippen MR) is 74.1 cm³/mol. The van der Waals surface area contributed by atoms with Crippen LogP contribution in [0.5, 0.6) is 0 Å². The van der Waals surface area contributed by atoms with Crippen molar-refractivity contribution in [2.75, 3.05) is 24.6 Å². The fraction of sp³-hybridized carbons (Fsp3) is 0.714. The van der Waals surface area contributed by atoms with Gasteiger partial charge in [-0.2, -0.15) is 0 Å². The molecule has 0 radical (unpaired) electrons. The van der Waals surface area contributed by atoms with Crippen molar-refractivity contribution in [3.63, 3.8) is 0 Å². The summed E-state index contributed by atoms with van der Waals surface area (Å²) in [7, 11) is 0. The first-order valence-electron chi connectivity index (χ1n) is 7.06. The summed E-state index contributed by atoms with van der Waals surface area (Å²) >= 11 is 0. The van der Waals surface area contributed by atoms with E-state index in [1.165, 1.54) is 12.8 Å². The first-order valence-corrected chi connectivity index (χ1v) is 7.06. The molecule has 1 aromatic rings. The van der Waals surface area contributed by atoms with Gasteiger partial charge >= 0.3 is 0 Å². The van der Waals surface area contributed by atoms with Gasteiger partial charge in [-0.3, -0.25) is 0 Å². The number of anilines is 1. The molecule has 19 heavy (non-hydrogen) atoms. The topological polar surface area (TPSA) is 50.3 Å². The Bertz CT molecular complexity index is 428. The predicted octanol–water partition coefficient (Wildman–Crippen LogP) is 1.34. The van der Waals surface area contributed by atoms with E-state index in [1.807, 2.05) is 12.4 Å². The van der Waals surface area contributed by atoms with Crippen molar-refractivity contribution < 1.29 is 4.74 Å². The van der Waals surface area contributed by atoms with E-state index >= 15 is 0 Å². The standard InChI is InChI=1S/C14H22N4O/c1-14(2)10-18(5-6-19-14)13-16-8-11(9-17-13)7-15-12-3-4-12/h8-9,12,15H,3-7,10H2,1-2H3. The second-order valence-corrected chi connectivity index (χ2v) is 6.08. The molecule has 2 aliphatic rings. The van der Waals surface area contributed by atoms with Crippen LogP contribution in [0.25, 0.3) is 0 Å². The number of hydrogen-bond acceptors (Lipinski definition) is 5. The lowest BCUT2D eigenvalue weighted by Crippen LogP contribution is -2.49. The fourth-order valence-corrected chi connectivity index (χ4v) is 2.34. The van der Waals surface area contributed by atoms with Gasteiger partial charge in [0.25, 0.3) is 0 Å². The maximum absolute atomic E-state index is 5.71. The van der Waals surface area contributed by atoms with E-state index in [4.69, 9.17) is 4.74 Å². The maximum Gasteiger partial charge on any atom is 0.225 e. The molecule has 1 saturated heterocycles. The summed E-state index contributed by atoms with van der Waals surface area (Å²) < 4.78 is 5.71. The van der Waals surface area contributed by atoms with Crippen LogP contribution in [0, 0.1) is 0 Å². The molecule has 2 heterocycles. The molecule has 0 amide bonds. The van der Waals surface area contributed by atoms with Gasteiger partial charge in [-0.1, -0.05) is 0 Å². The Morgan fingerprint density at radius 3 is 2.74 bits per heavy atom. The highest BCUT2D eigenvalue weighted by atomic mass is 16.5. The Balaban J connectivity index is 1.61. The molecule has 1 saturated carbocycles. The van der Waals surface area contributed by atoms with Crippen molar-refractivity contribution in [2.45, 2.75) is 44.9 Å². The van der Waals surface area contributed by atoms with Crippen molar-refractivity contribution in [1.82, 2.24) is 15.3 Å². The summed E-state index contributed by atoms with van der Waals surface area (Å²) in [5, 5.41) is 3.47. The van der Waals surface area contributed by atoms with Gasteiger partial charge in [0.1, 0.15) is 0 Å². The number of hydrogen-bond donors (Lipinski definition) is 1. The quantitative estimate of drug-likeness (QED) is 0.887. The molecule has 3 rings (SSSR count).